The van der Waals surface area contributed by atoms with E-state index in [9.17, 15) is 0 Å². The molecule has 1 unspecified atom stereocenters. The van der Waals surface area contributed by atoms with Crippen molar-refractivity contribution in [3.63, 3.8) is 0 Å². The highest BCUT2D eigenvalue weighted by atomic mass is 35.5. The first-order valence-electron chi connectivity index (χ1n) is 5.15. The predicted molar refractivity (Wildman–Crippen MR) is 67.3 cm³/mol. The van der Waals surface area contributed by atoms with Gasteiger partial charge in [0.1, 0.15) is 5.03 Å². The topological polar surface area (TPSA) is 38.9 Å². The van der Waals surface area contributed by atoms with Gasteiger partial charge in [-0.05, 0) is 17.5 Å². The van der Waals surface area contributed by atoms with E-state index in [0.29, 0.717) is 17.5 Å². The maximum absolute atomic E-state index is 6.17. The van der Waals surface area contributed by atoms with Gasteiger partial charge in [0.05, 0.1) is 5.02 Å². The summed E-state index contributed by atoms with van der Waals surface area (Å²) < 4.78 is 0. The van der Waals surface area contributed by atoms with Crippen LogP contribution in [0.3, 0.4) is 0 Å². The zero-order valence-electron chi connectivity index (χ0n) is 9.16. The van der Waals surface area contributed by atoms with E-state index >= 15 is 0 Å². The Morgan fingerprint density at radius 2 is 2.33 bits per heavy atom. The number of halogens is 1. The number of pyridine rings is 1. The maximum atomic E-state index is 6.17. The maximum Gasteiger partial charge on any atom is 0.115 e. The van der Waals surface area contributed by atoms with Gasteiger partial charge in [0, 0.05) is 18.5 Å². The highest BCUT2D eigenvalue weighted by Crippen LogP contribution is 2.29. The zero-order chi connectivity index (χ0) is 11.3. The third-order valence-electron chi connectivity index (χ3n) is 2.36. The van der Waals surface area contributed by atoms with Crippen LogP contribution in [-0.2, 0) is 6.54 Å². The molecule has 2 nitrogen and oxygen atoms in total. The predicted octanol–water partition coefficient (Wildman–Crippen LogP) is 3.33. The van der Waals surface area contributed by atoms with E-state index in [2.05, 4.69) is 18.8 Å². The van der Waals surface area contributed by atoms with E-state index in [0.717, 1.165) is 16.3 Å². The first-order chi connectivity index (χ1) is 7.19. The lowest BCUT2D eigenvalue weighted by Gasteiger charge is -2.09. The molecule has 0 aliphatic rings. The van der Waals surface area contributed by atoms with Crippen LogP contribution in [0.15, 0.2) is 17.3 Å². The van der Waals surface area contributed by atoms with Crippen LogP contribution in [0.2, 0.25) is 5.02 Å². The Morgan fingerprint density at radius 3 is 2.93 bits per heavy atom. The molecule has 1 aromatic rings. The molecule has 84 valence electrons. The summed E-state index contributed by atoms with van der Waals surface area (Å²) in [7, 11) is 0. The molecule has 0 aliphatic carbocycles. The van der Waals surface area contributed by atoms with Gasteiger partial charge in [-0.15, -0.1) is 11.8 Å². The van der Waals surface area contributed by atoms with Crippen LogP contribution < -0.4 is 5.73 Å². The van der Waals surface area contributed by atoms with Gasteiger partial charge in [0.25, 0.3) is 0 Å². The Labute approximate surface area is 101 Å². The van der Waals surface area contributed by atoms with Crippen LogP contribution >= 0.6 is 23.4 Å². The van der Waals surface area contributed by atoms with Gasteiger partial charge in [-0.1, -0.05) is 31.9 Å². The van der Waals surface area contributed by atoms with Gasteiger partial charge >= 0.3 is 0 Å². The van der Waals surface area contributed by atoms with Gasteiger partial charge in [0.15, 0.2) is 0 Å². The molecule has 0 radical (unpaired) electrons. The number of nitrogens with two attached hydrogens (primary N) is 1. The summed E-state index contributed by atoms with van der Waals surface area (Å²) in [6, 6.07) is 1.87. The van der Waals surface area contributed by atoms with Gasteiger partial charge in [-0.3, -0.25) is 0 Å². The van der Waals surface area contributed by atoms with E-state index in [1.165, 1.54) is 6.42 Å². The van der Waals surface area contributed by atoms with Gasteiger partial charge in [0.2, 0.25) is 0 Å². The van der Waals surface area contributed by atoms with E-state index in [4.69, 9.17) is 17.3 Å². The molecule has 1 rings (SSSR count). The van der Waals surface area contributed by atoms with Crippen LogP contribution in [0.5, 0.6) is 0 Å². The monoisotopic (exact) mass is 244 g/mol. The fraction of sp³-hybridized carbons (Fsp3) is 0.545. The molecule has 0 saturated heterocycles. The average Bonchev–Trinajstić information content (AvgIpc) is 2.27. The number of thioether (sulfide) groups is 1. The summed E-state index contributed by atoms with van der Waals surface area (Å²) in [6.45, 7) is 4.89. The normalized spacial score (nSPS) is 12.8. The molecule has 0 amide bonds. The minimum atomic E-state index is 0.470. The molecule has 1 atom stereocenters. The van der Waals surface area contributed by atoms with Gasteiger partial charge < -0.3 is 5.73 Å². The van der Waals surface area contributed by atoms with Crippen molar-refractivity contribution in [3.8, 4) is 0 Å². The van der Waals surface area contributed by atoms with Crippen molar-refractivity contribution in [2.45, 2.75) is 31.8 Å². The summed E-state index contributed by atoms with van der Waals surface area (Å²) in [5.41, 5.74) is 6.55. The molecule has 2 N–H and O–H groups in total. The van der Waals surface area contributed by atoms with Crippen molar-refractivity contribution in [3.05, 3.63) is 22.8 Å². The van der Waals surface area contributed by atoms with E-state index in [1.54, 1.807) is 18.0 Å². The zero-order valence-corrected chi connectivity index (χ0v) is 10.7. The van der Waals surface area contributed by atoms with Crippen molar-refractivity contribution in [1.29, 1.82) is 0 Å². The molecule has 0 aromatic carbocycles. The lowest BCUT2D eigenvalue weighted by atomic mass is 10.2. The minimum Gasteiger partial charge on any atom is -0.326 e. The second-order valence-corrected chi connectivity index (χ2v) is 5.00. The van der Waals surface area contributed by atoms with Crippen molar-refractivity contribution in [1.82, 2.24) is 4.98 Å². The minimum absolute atomic E-state index is 0.470. The van der Waals surface area contributed by atoms with Gasteiger partial charge in [-0.25, -0.2) is 4.98 Å². The molecule has 0 fully saturated rings. The van der Waals surface area contributed by atoms with Crippen molar-refractivity contribution < 1.29 is 0 Å². The first kappa shape index (κ1) is 12.8. The SMILES string of the molecule is CCC(C)CSc1nccc(CN)c1Cl. The largest absolute Gasteiger partial charge is 0.326 e. The van der Waals surface area contributed by atoms with Crippen LogP contribution in [0, 0.1) is 5.92 Å². The Bertz CT molecular complexity index is 317. The fourth-order valence-electron chi connectivity index (χ4n) is 1.06. The molecule has 4 heteroatoms. The second kappa shape index (κ2) is 6.36. The average molecular weight is 245 g/mol. The Morgan fingerprint density at radius 1 is 1.60 bits per heavy atom. The Kier molecular flexibility index (Phi) is 5.43. The Balaban J connectivity index is 2.68. The van der Waals surface area contributed by atoms with Crippen LogP contribution in [0.25, 0.3) is 0 Å². The van der Waals surface area contributed by atoms with Crippen molar-refractivity contribution in [2.24, 2.45) is 11.7 Å². The molecular weight excluding hydrogens is 228 g/mol. The second-order valence-electron chi connectivity index (χ2n) is 3.62. The lowest BCUT2D eigenvalue weighted by molar-refractivity contribution is 0.636. The third-order valence-corrected chi connectivity index (χ3v) is 4.21. The van der Waals surface area contributed by atoms with Gasteiger partial charge in [-0.2, -0.15) is 0 Å². The quantitative estimate of drug-likeness (QED) is 0.808. The van der Waals surface area contributed by atoms with Crippen LogP contribution in [-0.4, -0.2) is 10.7 Å². The van der Waals surface area contributed by atoms with Crippen molar-refractivity contribution >= 4 is 23.4 Å². The number of hydrogen-bond donors (Lipinski definition) is 1. The highest BCUT2D eigenvalue weighted by Gasteiger charge is 2.08. The number of hydrogen-bond acceptors (Lipinski definition) is 3. The molecule has 0 spiro atoms. The molecule has 0 aliphatic heterocycles. The Hall–Kier alpha value is -0.250. The lowest BCUT2D eigenvalue weighted by Crippen LogP contribution is -2.00. The standard InChI is InChI=1S/C11H17ClN2S/c1-3-8(2)7-15-11-10(12)9(6-13)4-5-14-11/h4-5,8H,3,6-7,13H2,1-2H3. The summed E-state index contributed by atoms with van der Waals surface area (Å²) in [5, 5.41) is 1.62. The van der Waals surface area contributed by atoms with E-state index in [-0.39, 0.29) is 0 Å². The van der Waals surface area contributed by atoms with E-state index in [1.807, 2.05) is 6.07 Å². The highest BCUT2D eigenvalue weighted by molar-refractivity contribution is 7.99. The number of nitrogens with zero attached hydrogens (tertiary/aromatic N) is 1. The first-order valence-corrected chi connectivity index (χ1v) is 6.51. The summed E-state index contributed by atoms with van der Waals surface area (Å²) in [4.78, 5) is 4.27. The third kappa shape index (κ3) is 3.67. The molecule has 0 saturated carbocycles. The number of rotatable bonds is 5. The smallest absolute Gasteiger partial charge is 0.115 e. The fourth-order valence-corrected chi connectivity index (χ4v) is 2.48. The molecular formula is C11H17ClN2S. The molecule has 1 heterocycles. The van der Waals surface area contributed by atoms with Crippen LogP contribution in [0.1, 0.15) is 25.8 Å². The molecule has 0 bridgehead atoms. The number of aromatic nitrogens is 1. The van der Waals surface area contributed by atoms with Crippen LogP contribution in [0.4, 0.5) is 0 Å². The molecule has 15 heavy (non-hydrogen) atoms. The summed E-state index contributed by atoms with van der Waals surface area (Å²) >= 11 is 7.88. The van der Waals surface area contributed by atoms with E-state index < -0.39 is 0 Å². The van der Waals surface area contributed by atoms with Crippen molar-refractivity contribution in [2.75, 3.05) is 5.75 Å². The summed E-state index contributed by atoms with van der Waals surface area (Å²) in [6.07, 6.45) is 2.95. The molecule has 1 aromatic heterocycles. The summed E-state index contributed by atoms with van der Waals surface area (Å²) in [5.74, 6) is 1.74.